The number of hydrogen-bond acceptors (Lipinski definition) is 6. The van der Waals surface area contributed by atoms with Crippen LogP contribution in [0.4, 0.5) is 5.69 Å². The number of carbonyl (C=O) groups excluding carboxylic acids is 2. The van der Waals surface area contributed by atoms with Crippen LogP contribution < -0.4 is 10.1 Å². The Labute approximate surface area is 223 Å². The number of amides is 2. The molecule has 10 heteroatoms. The summed E-state index contributed by atoms with van der Waals surface area (Å²) in [4.78, 5) is 32.4. The van der Waals surface area contributed by atoms with Gasteiger partial charge in [-0.15, -0.1) is 11.3 Å². The normalized spacial score (nSPS) is 14.0. The van der Waals surface area contributed by atoms with Gasteiger partial charge in [0.05, 0.1) is 40.3 Å². The lowest BCUT2D eigenvalue weighted by Gasteiger charge is -2.31. The number of ether oxygens (including phenoxy) is 1. The second-order valence-electron chi connectivity index (χ2n) is 8.83. The van der Waals surface area contributed by atoms with E-state index in [1.165, 1.54) is 18.4 Å². The van der Waals surface area contributed by atoms with E-state index in [-0.39, 0.29) is 17.7 Å². The van der Waals surface area contributed by atoms with Crippen LogP contribution in [0.15, 0.2) is 60.1 Å². The van der Waals surface area contributed by atoms with Crippen molar-refractivity contribution in [2.45, 2.75) is 25.7 Å². The third-order valence-electron chi connectivity index (χ3n) is 6.54. The van der Waals surface area contributed by atoms with E-state index in [0.717, 1.165) is 29.2 Å². The van der Waals surface area contributed by atoms with Crippen molar-refractivity contribution in [1.29, 1.82) is 0 Å². The average molecular weight is 536 g/mol. The molecule has 1 aliphatic heterocycles. The molecule has 3 heterocycles. The Morgan fingerprint density at radius 3 is 2.59 bits per heavy atom. The van der Waals surface area contributed by atoms with Crippen LogP contribution in [0.3, 0.4) is 0 Å². The number of aromatic nitrogens is 3. The molecule has 0 saturated carbocycles. The minimum atomic E-state index is -0.290. The predicted molar refractivity (Wildman–Crippen MR) is 144 cm³/mol. The number of benzene rings is 2. The van der Waals surface area contributed by atoms with Crippen LogP contribution in [-0.4, -0.2) is 51.7 Å². The Morgan fingerprint density at radius 2 is 1.89 bits per heavy atom. The summed E-state index contributed by atoms with van der Waals surface area (Å²) in [6.07, 6.45) is 3.24. The molecule has 37 heavy (non-hydrogen) atoms. The summed E-state index contributed by atoms with van der Waals surface area (Å²) in [6, 6.07) is 14.9. The number of halogens is 1. The van der Waals surface area contributed by atoms with Gasteiger partial charge in [0, 0.05) is 30.1 Å². The zero-order valence-electron chi connectivity index (χ0n) is 20.5. The number of thiazole rings is 1. The van der Waals surface area contributed by atoms with Crippen molar-refractivity contribution in [3.05, 3.63) is 87.1 Å². The second kappa shape index (κ2) is 10.7. The molecule has 0 aliphatic carbocycles. The van der Waals surface area contributed by atoms with Gasteiger partial charge in [-0.25, -0.2) is 9.67 Å². The van der Waals surface area contributed by atoms with Gasteiger partial charge in [-0.1, -0.05) is 29.8 Å². The lowest BCUT2D eigenvalue weighted by atomic mass is 9.97. The van der Waals surface area contributed by atoms with Crippen LogP contribution >= 0.6 is 22.9 Å². The summed E-state index contributed by atoms with van der Waals surface area (Å²) >= 11 is 7.63. The molecule has 2 aromatic carbocycles. The summed E-state index contributed by atoms with van der Waals surface area (Å²) in [5.74, 6) is 0.456. The summed E-state index contributed by atoms with van der Waals surface area (Å²) in [7, 11) is 1.54. The molecule has 0 bridgehead atoms. The highest BCUT2D eigenvalue weighted by molar-refractivity contribution is 7.10. The number of hydrogen-bond donors (Lipinski definition) is 1. The van der Waals surface area contributed by atoms with Crippen LogP contribution in [0.5, 0.6) is 5.75 Å². The number of nitrogens with one attached hydrogen (secondary N) is 1. The zero-order valence-corrected chi connectivity index (χ0v) is 22.1. The Kier molecular flexibility index (Phi) is 7.25. The first-order valence-corrected chi connectivity index (χ1v) is 13.2. The lowest BCUT2D eigenvalue weighted by Crippen LogP contribution is -2.38. The molecular formula is C27H26ClN5O3S. The third-order valence-corrected chi connectivity index (χ3v) is 7.84. The maximum absolute atomic E-state index is 13.2. The van der Waals surface area contributed by atoms with Crippen LogP contribution in [0, 0.1) is 6.92 Å². The van der Waals surface area contributed by atoms with Crippen molar-refractivity contribution >= 4 is 40.4 Å². The van der Waals surface area contributed by atoms with Crippen molar-refractivity contribution in [1.82, 2.24) is 19.7 Å². The summed E-state index contributed by atoms with van der Waals surface area (Å²) in [6.45, 7) is 3.18. The van der Waals surface area contributed by atoms with Gasteiger partial charge in [-0.05, 0) is 50.1 Å². The number of carbonyl (C=O) groups is 2. The lowest BCUT2D eigenvalue weighted by molar-refractivity contribution is 0.0712. The van der Waals surface area contributed by atoms with Crippen LogP contribution in [0.2, 0.25) is 5.02 Å². The zero-order chi connectivity index (χ0) is 25.9. The largest absolute Gasteiger partial charge is 0.495 e. The van der Waals surface area contributed by atoms with E-state index < -0.39 is 0 Å². The van der Waals surface area contributed by atoms with E-state index in [0.29, 0.717) is 40.8 Å². The van der Waals surface area contributed by atoms with E-state index >= 15 is 0 Å². The Bertz CT molecular complexity index is 1430. The smallest absolute Gasteiger partial charge is 0.275 e. The van der Waals surface area contributed by atoms with Gasteiger partial charge < -0.3 is 15.0 Å². The number of piperidine rings is 1. The van der Waals surface area contributed by atoms with Gasteiger partial charge >= 0.3 is 0 Å². The van der Waals surface area contributed by atoms with E-state index in [1.54, 1.807) is 34.5 Å². The number of para-hydroxylation sites is 1. The molecule has 190 valence electrons. The van der Waals surface area contributed by atoms with Gasteiger partial charge in [-0.2, -0.15) is 5.10 Å². The molecule has 8 nitrogen and oxygen atoms in total. The SMILES string of the molecule is COc1ccc(NC(=O)c2csc(C3CCN(C(=O)c4cnn(-c5ccccc5)c4C)CC3)n2)cc1Cl. The van der Waals surface area contributed by atoms with Crippen LogP contribution in [-0.2, 0) is 0 Å². The molecule has 0 radical (unpaired) electrons. The molecule has 0 unspecified atom stereocenters. The molecular weight excluding hydrogens is 510 g/mol. The van der Waals surface area contributed by atoms with Crippen molar-refractivity contribution in [2.24, 2.45) is 0 Å². The van der Waals surface area contributed by atoms with E-state index in [1.807, 2.05) is 42.2 Å². The molecule has 1 aliphatic rings. The summed E-state index contributed by atoms with van der Waals surface area (Å²) in [5, 5.41) is 10.4. The number of likely N-dealkylation sites (tertiary alicyclic amines) is 1. The fraction of sp³-hybridized carbons (Fsp3) is 0.259. The third kappa shape index (κ3) is 5.23. The molecule has 5 rings (SSSR count). The highest BCUT2D eigenvalue weighted by atomic mass is 35.5. The molecule has 4 aromatic rings. The molecule has 1 fully saturated rings. The molecule has 2 aromatic heterocycles. The number of anilines is 1. The standard InChI is InChI=1S/C27H26ClN5O3S/c1-17-21(15-29-33(17)20-6-4-3-5-7-20)27(35)32-12-10-18(11-13-32)26-31-23(16-37-26)25(34)30-19-8-9-24(36-2)22(28)14-19/h3-9,14-16,18H,10-13H2,1-2H3,(H,30,34). The highest BCUT2D eigenvalue weighted by Crippen LogP contribution is 2.32. The van der Waals surface area contributed by atoms with Crippen molar-refractivity contribution in [2.75, 3.05) is 25.5 Å². The molecule has 2 amide bonds. The first-order chi connectivity index (χ1) is 17.9. The fourth-order valence-corrected chi connectivity index (χ4v) is 5.70. The Balaban J connectivity index is 1.19. The minimum Gasteiger partial charge on any atom is -0.495 e. The van der Waals surface area contributed by atoms with Crippen molar-refractivity contribution in [3.63, 3.8) is 0 Å². The van der Waals surface area contributed by atoms with Gasteiger partial charge in [0.25, 0.3) is 11.8 Å². The van der Waals surface area contributed by atoms with Gasteiger partial charge in [0.2, 0.25) is 0 Å². The number of rotatable bonds is 6. The first kappa shape index (κ1) is 25.0. The second-order valence-corrected chi connectivity index (χ2v) is 10.1. The summed E-state index contributed by atoms with van der Waals surface area (Å²) < 4.78 is 6.94. The van der Waals surface area contributed by atoms with E-state index in [4.69, 9.17) is 16.3 Å². The van der Waals surface area contributed by atoms with Crippen LogP contribution in [0.1, 0.15) is 50.3 Å². The Hall–Kier alpha value is -3.69. The fourth-order valence-electron chi connectivity index (χ4n) is 4.47. The summed E-state index contributed by atoms with van der Waals surface area (Å²) in [5.41, 5.74) is 3.31. The van der Waals surface area contributed by atoms with Gasteiger partial charge in [-0.3, -0.25) is 9.59 Å². The van der Waals surface area contributed by atoms with Crippen molar-refractivity contribution < 1.29 is 14.3 Å². The monoisotopic (exact) mass is 535 g/mol. The maximum atomic E-state index is 13.2. The predicted octanol–water partition coefficient (Wildman–Crippen LogP) is 5.57. The molecule has 1 N–H and O–H groups in total. The highest BCUT2D eigenvalue weighted by Gasteiger charge is 2.28. The van der Waals surface area contributed by atoms with E-state index in [2.05, 4.69) is 15.4 Å². The number of nitrogens with zero attached hydrogens (tertiary/aromatic N) is 4. The topological polar surface area (TPSA) is 89.4 Å². The van der Waals surface area contributed by atoms with Crippen molar-refractivity contribution in [3.8, 4) is 11.4 Å². The molecule has 1 saturated heterocycles. The quantitative estimate of drug-likeness (QED) is 0.348. The molecule has 0 atom stereocenters. The average Bonchev–Trinajstić information content (AvgIpc) is 3.56. The first-order valence-electron chi connectivity index (χ1n) is 11.9. The van der Waals surface area contributed by atoms with Gasteiger partial charge in [0.15, 0.2) is 0 Å². The number of methoxy groups -OCH3 is 1. The Morgan fingerprint density at radius 1 is 1.14 bits per heavy atom. The van der Waals surface area contributed by atoms with Crippen LogP contribution in [0.25, 0.3) is 5.69 Å². The molecule has 0 spiro atoms. The maximum Gasteiger partial charge on any atom is 0.275 e. The van der Waals surface area contributed by atoms with E-state index in [9.17, 15) is 9.59 Å². The minimum absolute atomic E-state index is 0.00418. The van der Waals surface area contributed by atoms with Gasteiger partial charge in [0.1, 0.15) is 11.4 Å².